The summed E-state index contributed by atoms with van der Waals surface area (Å²) in [5.41, 5.74) is 0. The molecule has 0 aliphatic carbocycles. The summed E-state index contributed by atoms with van der Waals surface area (Å²) in [4.78, 5) is 14.1. The maximum Gasteiger partial charge on any atom is 0.307 e. The van der Waals surface area contributed by atoms with E-state index in [0.29, 0.717) is 25.6 Å². The minimum atomic E-state index is -0.102. The van der Waals surface area contributed by atoms with E-state index in [4.69, 9.17) is 4.74 Å². The molecule has 1 N–H and O–H groups in total. The van der Waals surface area contributed by atoms with E-state index in [9.17, 15) is 9.90 Å². The molecule has 0 radical (unpaired) electrons. The average molecular weight is 285 g/mol. The highest BCUT2D eigenvalue weighted by Crippen LogP contribution is 2.28. The summed E-state index contributed by atoms with van der Waals surface area (Å²) in [5, 5.41) is 9.31. The Morgan fingerprint density at radius 2 is 2.00 bits per heavy atom. The molecule has 1 aliphatic rings. The zero-order valence-corrected chi connectivity index (χ0v) is 13.1. The highest BCUT2D eigenvalue weighted by Gasteiger charge is 2.31. The number of unbranched alkanes of at least 4 members (excludes halogenated alkanes) is 2. The second-order valence-electron chi connectivity index (χ2n) is 5.70. The Hall–Kier alpha value is -0.610. The minimum absolute atomic E-state index is 0.102. The molecule has 1 heterocycles. The van der Waals surface area contributed by atoms with Gasteiger partial charge < -0.3 is 9.84 Å². The first-order valence-corrected chi connectivity index (χ1v) is 8.25. The largest absolute Gasteiger partial charge is 0.466 e. The summed E-state index contributed by atoms with van der Waals surface area (Å²) in [6.07, 6.45) is 8.83. The van der Waals surface area contributed by atoms with Crippen molar-refractivity contribution in [3.05, 3.63) is 0 Å². The van der Waals surface area contributed by atoms with Crippen molar-refractivity contribution in [3.8, 4) is 0 Å². The second kappa shape index (κ2) is 10.2. The van der Waals surface area contributed by atoms with Crippen molar-refractivity contribution in [3.63, 3.8) is 0 Å². The molecular formula is C16H31NO3. The van der Waals surface area contributed by atoms with Gasteiger partial charge in [-0.2, -0.15) is 0 Å². The number of rotatable bonds is 9. The van der Waals surface area contributed by atoms with E-state index in [2.05, 4.69) is 11.8 Å². The van der Waals surface area contributed by atoms with Crippen molar-refractivity contribution in [2.45, 2.75) is 77.3 Å². The molecule has 4 heteroatoms. The molecule has 20 heavy (non-hydrogen) atoms. The molecule has 0 aromatic heterocycles. The van der Waals surface area contributed by atoms with Gasteiger partial charge >= 0.3 is 5.97 Å². The van der Waals surface area contributed by atoms with Crippen LogP contribution in [0.3, 0.4) is 0 Å². The molecule has 2 atom stereocenters. The van der Waals surface area contributed by atoms with Crippen LogP contribution in [0.5, 0.6) is 0 Å². The smallest absolute Gasteiger partial charge is 0.307 e. The number of hydrogen-bond donors (Lipinski definition) is 1. The lowest BCUT2D eigenvalue weighted by atomic mass is 9.90. The van der Waals surface area contributed by atoms with E-state index in [1.807, 2.05) is 6.92 Å². The fourth-order valence-corrected chi connectivity index (χ4v) is 3.27. The Bertz CT molecular complexity index is 270. The molecule has 0 spiro atoms. The van der Waals surface area contributed by atoms with Crippen LogP contribution in [0, 0.1) is 0 Å². The molecule has 1 aliphatic heterocycles. The molecule has 0 aromatic rings. The van der Waals surface area contributed by atoms with E-state index in [1.54, 1.807) is 0 Å². The quantitative estimate of drug-likeness (QED) is 0.523. The van der Waals surface area contributed by atoms with Gasteiger partial charge in [-0.1, -0.05) is 32.6 Å². The first kappa shape index (κ1) is 17.4. The molecular weight excluding hydrogens is 254 g/mol. The van der Waals surface area contributed by atoms with Gasteiger partial charge in [0.25, 0.3) is 0 Å². The summed E-state index contributed by atoms with van der Waals surface area (Å²) in [7, 11) is 0. The maximum absolute atomic E-state index is 11.7. The molecule has 118 valence electrons. The summed E-state index contributed by atoms with van der Waals surface area (Å²) in [6, 6.07) is 0.781. The van der Waals surface area contributed by atoms with Crippen LogP contribution in [0.15, 0.2) is 0 Å². The number of aliphatic hydroxyl groups excluding tert-OH is 1. The molecule has 1 rings (SSSR count). The van der Waals surface area contributed by atoms with Gasteiger partial charge in [0.2, 0.25) is 0 Å². The number of hydrogen-bond acceptors (Lipinski definition) is 4. The number of likely N-dealkylation sites (tertiary alicyclic amines) is 1. The lowest BCUT2D eigenvalue weighted by Gasteiger charge is -2.42. The first-order chi connectivity index (χ1) is 9.72. The van der Waals surface area contributed by atoms with Crippen LogP contribution in [-0.4, -0.2) is 47.8 Å². The van der Waals surface area contributed by atoms with Crippen molar-refractivity contribution in [2.24, 2.45) is 0 Å². The van der Waals surface area contributed by atoms with Crippen LogP contribution in [0.4, 0.5) is 0 Å². The topological polar surface area (TPSA) is 49.8 Å². The van der Waals surface area contributed by atoms with Crippen LogP contribution in [-0.2, 0) is 9.53 Å². The van der Waals surface area contributed by atoms with E-state index in [0.717, 1.165) is 6.42 Å². The molecule has 0 amide bonds. The van der Waals surface area contributed by atoms with E-state index >= 15 is 0 Å². The van der Waals surface area contributed by atoms with E-state index < -0.39 is 0 Å². The third-order valence-corrected chi connectivity index (χ3v) is 4.22. The maximum atomic E-state index is 11.7. The Labute approximate surface area is 123 Å². The number of carbonyl (C=O) groups is 1. The third-order valence-electron chi connectivity index (χ3n) is 4.22. The van der Waals surface area contributed by atoms with Crippen LogP contribution < -0.4 is 0 Å². The average Bonchev–Trinajstić information content (AvgIpc) is 2.42. The number of esters is 1. The van der Waals surface area contributed by atoms with Gasteiger partial charge in [0.05, 0.1) is 19.6 Å². The van der Waals surface area contributed by atoms with Crippen molar-refractivity contribution < 1.29 is 14.6 Å². The number of β-amino-alcohol motifs (C(OH)–C–C–N with tert-alkyl or cyclic N) is 1. The predicted octanol–water partition coefficient (Wildman–Crippen LogP) is 2.74. The summed E-state index contributed by atoms with van der Waals surface area (Å²) in [5.74, 6) is -0.102. The highest BCUT2D eigenvalue weighted by molar-refractivity contribution is 5.70. The fourth-order valence-electron chi connectivity index (χ4n) is 3.27. The van der Waals surface area contributed by atoms with Crippen LogP contribution >= 0.6 is 0 Å². The van der Waals surface area contributed by atoms with E-state index in [-0.39, 0.29) is 18.6 Å². The molecule has 1 saturated heterocycles. The van der Waals surface area contributed by atoms with Gasteiger partial charge in [-0.05, 0) is 26.2 Å². The van der Waals surface area contributed by atoms with Crippen LogP contribution in [0.25, 0.3) is 0 Å². The van der Waals surface area contributed by atoms with Gasteiger partial charge in [-0.3, -0.25) is 9.69 Å². The number of ether oxygens (including phenoxy) is 1. The Kier molecular flexibility index (Phi) is 8.86. The van der Waals surface area contributed by atoms with Crippen molar-refractivity contribution >= 4 is 5.97 Å². The van der Waals surface area contributed by atoms with E-state index in [1.165, 1.54) is 38.5 Å². The highest BCUT2D eigenvalue weighted by atomic mass is 16.5. The van der Waals surface area contributed by atoms with Crippen molar-refractivity contribution in [1.82, 2.24) is 4.90 Å². The Morgan fingerprint density at radius 3 is 2.65 bits per heavy atom. The van der Waals surface area contributed by atoms with Gasteiger partial charge in [0.15, 0.2) is 0 Å². The van der Waals surface area contributed by atoms with Crippen LogP contribution in [0.2, 0.25) is 0 Å². The van der Waals surface area contributed by atoms with Crippen LogP contribution in [0.1, 0.15) is 65.2 Å². The van der Waals surface area contributed by atoms with Gasteiger partial charge in [-0.25, -0.2) is 0 Å². The van der Waals surface area contributed by atoms with Gasteiger partial charge in [0, 0.05) is 18.6 Å². The lowest BCUT2D eigenvalue weighted by molar-refractivity contribution is -0.145. The zero-order valence-electron chi connectivity index (χ0n) is 13.1. The summed E-state index contributed by atoms with van der Waals surface area (Å²) >= 11 is 0. The van der Waals surface area contributed by atoms with Crippen molar-refractivity contribution in [2.75, 3.05) is 19.8 Å². The standard InChI is InChI=1S/C16H31NO3/c1-3-5-6-8-14-9-7-10-15(17(14)11-12-18)13-16(19)20-4-2/h14-15,18H,3-13H2,1-2H3/t14-,15+/m1/s1. The fraction of sp³-hybridized carbons (Fsp3) is 0.938. The second-order valence-corrected chi connectivity index (χ2v) is 5.70. The molecule has 0 aromatic carbocycles. The Morgan fingerprint density at radius 1 is 1.25 bits per heavy atom. The number of nitrogens with zero attached hydrogens (tertiary/aromatic N) is 1. The first-order valence-electron chi connectivity index (χ1n) is 8.25. The number of carbonyl (C=O) groups excluding carboxylic acids is 1. The normalized spacial score (nSPS) is 23.8. The summed E-state index contributed by atoms with van der Waals surface area (Å²) < 4.78 is 5.08. The zero-order chi connectivity index (χ0) is 14.8. The lowest BCUT2D eigenvalue weighted by Crippen LogP contribution is -2.48. The third kappa shape index (κ3) is 5.80. The predicted molar refractivity (Wildman–Crippen MR) is 80.6 cm³/mol. The van der Waals surface area contributed by atoms with Gasteiger partial charge in [-0.15, -0.1) is 0 Å². The monoisotopic (exact) mass is 285 g/mol. The SMILES string of the molecule is CCCCC[C@@H]1CCC[C@@H](CC(=O)OCC)N1CCO. The molecule has 4 nitrogen and oxygen atoms in total. The molecule has 0 unspecified atom stereocenters. The van der Waals surface area contributed by atoms with Gasteiger partial charge in [0.1, 0.15) is 0 Å². The molecule has 0 bridgehead atoms. The number of aliphatic hydroxyl groups is 1. The number of piperidine rings is 1. The molecule has 1 fully saturated rings. The minimum Gasteiger partial charge on any atom is -0.466 e. The van der Waals surface area contributed by atoms with Crippen molar-refractivity contribution in [1.29, 1.82) is 0 Å². The Balaban J connectivity index is 2.54. The summed E-state index contributed by atoms with van der Waals surface area (Å²) in [6.45, 7) is 5.36. The molecule has 0 saturated carbocycles.